The van der Waals surface area contributed by atoms with Gasteiger partial charge in [0, 0.05) is 18.7 Å². The fourth-order valence-corrected chi connectivity index (χ4v) is 3.67. The van der Waals surface area contributed by atoms with Crippen molar-refractivity contribution < 1.29 is 37.8 Å². The number of halogens is 3. The minimum atomic E-state index is -4.52. The van der Waals surface area contributed by atoms with Gasteiger partial charge in [-0.2, -0.15) is 13.2 Å². The maximum atomic E-state index is 13.5. The third-order valence-electron chi connectivity index (χ3n) is 5.45. The molecule has 0 aromatic heterocycles. The molecule has 0 saturated heterocycles. The number of β-amino-alcohol motifs (C(OH)–C–C–N with tert-alkyl or cyclic N) is 1. The molecule has 2 atom stereocenters. The summed E-state index contributed by atoms with van der Waals surface area (Å²) < 4.78 is 37.1. The summed E-state index contributed by atoms with van der Waals surface area (Å²) in [6.45, 7) is -0.434. The number of aliphatic hydroxyl groups is 2. The molecule has 182 valence electrons. The molecule has 0 saturated carbocycles. The number of nitrogens with zero attached hydrogens (tertiary/aromatic N) is 1. The molecular formula is C23H24F3N3O5. The summed E-state index contributed by atoms with van der Waals surface area (Å²) in [5, 5.41) is 24.3. The summed E-state index contributed by atoms with van der Waals surface area (Å²) in [7, 11) is 0. The fourth-order valence-electron chi connectivity index (χ4n) is 3.67. The summed E-state index contributed by atoms with van der Waals surface area (Å²) in [5.74, 6) is -3.22. The van der Waals surface area contributed by atoms with Crippen molar-refractivity contribution in [3.05, 3.63) is 54.1 Å². The lowest BCUT2D eigenvalue weighted by atomic mass is 9.94. The quantitative estimate of drug-likeness (QED) is 0.451. The van der Waals surface area contributed by atoms with Crippen molar-refractivity contribution in [2.45, 2.75) is 31.2 Å². The lowest BCUT2D eigenvalue weighted by Gasteiger charge is -2.28. The van der Waals surface area contributed by atoms with Crippen LogP contribution in [0.4, 0.5) is 18.9 Å². The van der Waals surface area contributed by atoms with Crippen molar-refractivity contribution in [3.8, 4) is 11.1 Å². The second-order valence-electron chi connectivity index (χ2n) is 7.92. The first-order valence-corrected chi connectivity index (χ1v) is 10.5. The first kappa shape index (κ1) is 25.2. The molecule has 4 N–H and O–H groups in total. The van der Waals surface area contributed by atoms with Gasteiger partial charge in [-0.15, -0.1) is 0 Å². The summed E-state index contributed by atoms with van der Waals surface area (Å²) in [6.07, 6.45) is -5.86. The molecule has 2 aromatic carbocycles. The van der Waals surface area contributed by atoms with Gasteiger partial charge in [-0.1, -0.05) is 42.5 Å². The van der Waals surface area contributed by atoms with Crippen LogP contribution < -0.4 is 15.5 Å². The second-order valence-corrected chi connectivity index (χ2v) is 7.92. The molecule has 3 rings (SSSR count). The molecule has 1 aliphatic heterocycles. The molecule has 34 heavy (non-hydrogen) atoms. The molecule has 0 unspecified atom stereocenters. The van der Waals surface area contributed by atoms with Crippen molar-refractivity contribution in [1.29, 1.82) is 0 Å². The SMILES string of the molecule is C[C@](O)(C(=O)NCCC(F)(F)F)C(=O)N[C@@H]1C(=O)N(CCO)c2ccccc2-c2ccccc21. The van der Waals surface area contributed by atoms with E-state index in [4.69, 9.17) is 0 Å². The number of rotatable bonds is 7. The van der Waals surface area contributed by atoms with E-state index in [1.165, 1.54) is 4.90 Å². The van der Waals surface area contributed by atoms with Crippen molar-refractivity contribution in [3.63, 3.8) is 0 Å². The molecule has 0 fully saturated rings. The van der Waals surface area contributed by atoms with Gasteiger partial charge in [0.05, 0.1) is 18.7 Å². The van der Waals surface area contributed by atoms with Crippen molar-refractivity contribution >= 4 is 23.4 Å². The van der Waals surface area contributed by atoms with Gasteiger partial charge in [0.15, 0.2) is 0 Å². The predicted molar refractivity (Wildman–Crippen MR) is 117 cm³/mol. The highest BCUT2D eigenvalue weighted by Gasteiger charge is 2.43. The average Bonchev–Trinajstić information content (AvgIpc) is 2.88. The van der Waals surface area contributed by atoms with Gasteiger partial charge in [0.25, 0.3) is 17.7 Å². The van der Waals surface area contributed by atoms with E-state index in [1.807, 2.05) is 5.32 Å². The molecule has 0 bridgehead atoms. The van der Waals surface area contributed by atoms with E-state index in [1.54, 1.807) is 48.5 Å². The lowest BCUT2D eigenvalue weighted by Crippen LogP contribution is -2.57. The van der Waals surface area contributed by atoms with E-state index in [0.717, 1.165) is 6.92 Å². The number of hydrogen-bond acceptors (Lipinski definition) is 5. The zero-order chi connectivity index (χ0) is 25.1. The third-order valence-corrected chi connectivity index (χ3v) is 5.45. The van der Waals surface area contributed by atoms with Gasteiger partial charge < -0.3 is 25.7 Å². The zero-order valence-electron chi connectivity index (χ0n) is 18.2. The number of nitrogens with one attached hydrogen (secondary N) is 2. The van der Waals surface area contributed by atoms with Gasteiger partial charge >= 0.3 is 6.18 Å². The number of anilines is 1. The van der Waals surface area contributed by atoms with Gasteiger partial charge in [-0.05, 0) is 24.1 Å². The van der Waals surface area contributed by atoms with Crippen LogP contribution in [0.2, 0.25) is 0 Å². The number of fused-ring (bicyclic) bond motifs is 3. The maximum absolute atomic E-state index is 13.5. The first-order chi connectivity index (χ1) is 16.0. The minimum Gasteiger partial charge on any atom is -0.395 e. The summed E-state index contributed by atoms with van der Waals surface area (Å²) in [4.78, 5) is 39.9. The molecule has 1 aliphatic rings. The molecule has 3 amide bonds. The summed E-state index contributed by atoms with van der Waals surface area (Å²) >= 11 is 0. The number of benzene rings is 2. The van der Waals surface area contributed by atoms with E-state index in [2.05, 4.69) is 5.32 Å². The lowest BCUT2D eigenvalue weighted by molar-refractivity contribution is -0.154. The highest BCUT2D eigenvalue weighted by molar-refractivity contribution is 6.11. The largest absolute Gasteiger partial charge is 0.395 e. The number of amides is 3. The smallest absolute Gasteiger partial charge is 0.390 e. The van der Waals surface area contributed by atoms with E-state index in [0.29, 0.717) is 22.4 Å². The van der Waals surface area contributed by atoms with E-state index in [-0.39, 0.29) is 13.2 Å². The molecule has 1 heterocycles. The molecular weight excluding hydrogens is 455 g/mol. The number of para-hydroxylation sites is 1. The van der Waals surface area contributed by atoms with Crippen molar-refractivity contribution in [1.82, 2.24) is 10.6 Å². The Hall–Kier alpha value is -3.44. The van der Waals surface area contributed by atoms with Crippen LogP contribution in [0.1, 0.15) is 24.9 Å². The Bertz CT molecular complexity index is 1090. The van der Waals surface area contributed by atoms with Gasteiger partial charge in [0.2, 0.25) is 5.60 Å². The molecule has 0 spiro atoms. The number of hydrogen-bond donors (Lipinski definition) is 4. The van der Waals surface area contributed by atoms with Gasteiger partial charge in [0.1, 0.15) is 6.04 Å². The highest BCUT2D eigenvalue weighted by Crippen LogP contribution is 2.40. The Balaban J connectivity index is 1.92. The Labute approximate surface area is 193 Å². The number of aliphatic hydroxyl groups excluding tert-OH is 1. The van der Waals surface area contributed by atoms with Crippen LogP contribution in [0.25, 0.3) is 11.1 Å². The minimum absolute atomic E-state index is 0.0788. The maximum Gasteiger partial charge on any atom is 0.390 e. The van der Waals surface area contributed by atoms with E-state index < -0.39 is 48.5 Å². The van der Waals surface area contributed by atoms with Crippen LogP contribution in [0.15, 0.2) is 48.5 Å². The topological polar surface area (TPSA) is 119 Å². The Morgan fingerprint density at radius 2 is 1.65 bits per heavy atom. The summed E-state index contributed by atoms with van der Waals surface area (Å²) in [5.41, 5.74) is -0.564. The van der Waals surface area contributed by atoms with Crippen LogP contribution in [-0.2, 0) is 14.4 Å². The Morgan fingerprint density at radius 1 is 1.03 bits per heavy atom. The third kappa shape index (κ3) is 5.20. The van der Waals surface area contributed by atoms with Crippen molar-refractivity contribution in [2.75, 3.05) is 24.6 Å². The molecule has 2 aromatic rings. The predicted octanol–water partition coefficient (Wildman–Crippen LogP) is 1.67. The van der Waals surface area contributed by atoms with Crippen molar-refractivity contribution in [2.24, 2.45) is 0 Å². The Kier molecular flexibility index (Phi) is 7.27. The number of alkyl halides is 3. The number of carbonyl (C=O) groups excluding carboxylic acids is 3. The average molecular weight is 479 g/mol. The first-order valence-electron chi connectivity index (χ1n) is 10.5. The molecule has 0 aliphatic carbocycles. The van der Waals surface area contributed by atoms with Crippen LogP contribution in [0.5, 0.6) is 0 Å². The van der Waals surface area contributed by atoms with E-state index >= 15 is 0 Å². The van der Waals surface area contributed by atoms with Crippen LogP contribution in [-0.4, -0.2) is 59.4 Å². The van der Waals surface area contributed by atoms with Crippen LogP contribution in [0, 0.1) is 0 Å². The zero-order valence-corrected chi connectivity index (χ0v) is 18.2. The standard InChI is InChI=1S/C23H24F3N3O5/c1-22(34,20(32)27-11-10-23(24,25)26)21(33)28-18-16-8-3-2-6-14(16)15-7-4-5-9-17(15)29(12-13-30)19(18)31/h2-9,18,30,34H,10-13H2,1H3,(H,27,32)(H,28,33)/t18-,22-/m0/s1. The number of carbonyl (C=O) groups is 3. The fraction of sp³-hybridized carbons (Fsp3) is 0.348. The monoisotopic (exact) mass is 479 g/mol. The summed E-state index contributed by atoms with van der Waals surface area (Å²) in [6, 6.07) is 12.4. The molecule has 0 radical (unpaired) electrons. The van der Waals surface area contributed by atoms with Crippen LogP contribution >= 0.6 is 0 Å². The molecule has 11 heteroatoms. The highest BCUT2D eigenvalue weighted by atomic mass is 19.4. The second kappa shape index (κ2) is 9.82. The van der Waals surface area contributed by atoms with Crippen LogP contribution in [0.3, 0.4) is 0 Å². The molecule has 8 nitrogen and oxygen atoms in total. The Morgan fingerprint density at radius 3 is 2.29 bits per heavy atom. The van der Waals surface area contributed by atoms with Gasteiger partial charge in [-0.25, -0.2) is 0 Å². The normalized spacial score (nSPS) is 17.2. The van der Waals surface area contributed by atoms with Gasteiger partial charge in [-0.3, -0.25) is 14.4 Å². The van der Waals surface area contributed by atoms with E-state index in [9.17, 15) is 37.8 Å².